The fourth-order valence-electron chi connectivity index (χ4n) is 4.41. The maximum absolute atomic E-state index is 6.54. The first kappa shape index (κ1) is 20.7. The van der Waals surface area contributed by atoms with Crippen molar-refractivity contribution in [2.24, 2.45) is 5.73 Å². The van der Waals surface area contributed by atoms with Crippen LogP contribution in [0.4, 0.5) is 5.82 Å². The molecule has 162 valence electrons. The number of unbranched alkanes of at least 4 members (excludes halogenated alkanes) is 1. The van der Waals surface area contributed by atoms with Crippen molar-refractivity contribution in [1.82, 2.24) is 9.97 Å². The van der Waals surface area contributed by atoms with E-state index in [2.05, 4.69) is 72.9 Å². The van der Waals surface area contributed by atoms with Crippen molar-refractivity contribution in [1.29, 1.82) is 0 Å². The Labute approximate surface area is 189 Å². The molecule has 3 N–H and O–H groups in total. The number of nitrogens with one attached hydrogen (secondary N) is 1. The number of benzene rings is 2. The van der Waals surface area contributed by atoms with Gasteiger partial charge in [-0.15, -0.1) is 0 Å². The first-order valence-corrected chi connectivity index (χ1v) is 11.7. The van der Waals surface area contributed by atoms with Gasteiger partial charge in [-0.25, -0.2) is 9.97 Å². The summed E-state index contributed by atoms with van der Waals surface area (Å²) in [6.45, 7) is 3.13. The number of fused-ring (bicyclic) bond motifs is 1. The summed E-state index contributed by atoms with van der Waals surface area (Å²) in [4.78, 5) is 9.91. The number of hydrogen-bond donors (Lipinski definition) is 2. The van der Waals surface area contributed by atoms with E-state index in [0.29, 0.717) is 0 Å². The van der Waals surface area contributed by atoms with Crippen LogP contribution in [-0.4, -0.2) is 16.5 Å². The highest BCUT2D eigenvalue weighted by Crippen LogP contribution is 2.40. The largest absolute Gasteiger partial charge is 0.370 e. The first-order chi connectivity index (χ1) is 15.7. The smallest absolute Gasteiger partial charge is 0.126 e. The lowest BCUT2D eigenvalue weighted by Gasteiger charge is -2.38. The summed E-state index contributed by atoms with van der Waals surface area (Å²) in [5, 5.41) is 3.42. The van der Waals surface area contributed by atoms with E-state index in [4.69, 9.17) is 15.7 Å². The lowest BCUT2D eigenvalue weighted by atomic mass is 9.72. The van der Waals surface area contributed by atoms with Crippen LogP contribution in [0.25, 0.3) is 33.4 Å². The molecule has 4 nitrogen and oxygen atoms in total. The normalized spacial score (nSPS) is 14.8. The van der Waals surface area contributed by atoms with Crippen LogP contribution in [0.15, 0.2) is 72.8 Å². The summed E-state index contributed by atoms with van der Waals surface area (Å²) in [6.07, 6.45) is 5.64. The number of aromatic nitrogens is 2. The third kappa shape index (κ3) is 3.98. The molecular weight excluding hydrogens is 392 g/mol. The van der Waals surface area contributed by atoms with Crippen LogP contribution in [0.1, 0.15) is 44.6 Å². The second-order valence-electron chi connectivity index (χ2n) is 8.85. The second-order valence-corrected chi connectivity index (χ2v) is 8.85. The molecule has 4 aromatic rings. The Balaban J connectivity index is 1.58. The molecule has 2 heterocycles. The van der Waals surface area contributed by atoms with Crippen LogP contribution in [0.3, 0.4) is 0 Å². The summed E-state index contributed by atoms with van der Waals surface area (Å²) in [5.74, 6) is 0.901. The van der Waals surface area contributed by atoms with Gasteiger partial charge < -0.3 is 11.1 Å². The van der Waals surface area contributed by atoms with Gasteiger partial charge in [0.2, 0.25) is 0 Å². The van der Waals surface area contributed by atoms with E-state index in [1.807, 2.05) is 12.1 Å². The van der Waals surface area contributed by atoms with Crippen molar-refractivity contribution < 1.29 is 0 Å². The molecule has 2 aromatic heterocycles. The standard InChI is InChI=1S/C28H30N4/c1-2-3-18-30-26-15-14-24-25(31-26)19-23(20-8-5-4-6-9-20)27(32-24)21-10-12-22(13-11-21)28(29)16-7-17-28/h4-6,8-15,19H,2-3,7,16-18,29H2,1H3,(H,30,31). The van der Waals surface area contributed by atoms with Crippen LogP contribution in [0.2, 0.25) is 0 Å². The zero-order valence-electron chi connectivity index (χ0n) is 18.6. The van der Waals surface area contributed by atoms with Gasteiger partial charge in [0.25, 0.3) is 0 Å². The van der Waals surface area contributed by atoms with Gasteiger partial charge >= 0.3 is 0 Å². The minimum atomic E-state index is -0.150. The Morgan fingerprint density at radius 1 is 0.875 bits per heavy atom. The van der Waals surface area contributed by atoms with Gasteiger partial charge in [0.05, 0.1) is 16.7 Å². The monoisotopic (exact) mass is 422 g/mol. The summed E-state index contributed by atoms with van der Waals surface area (Å²) in [7, 11) is 0. The fourth-order valence-corrected chi connectivity index (χ4v) is 4.41. The van der Waals surface area contributed by atoms with Crippen LogP contribution < -0.4 is 11.1 Å². The molecule has 1 saturated carbocycles. The zero-order valence-corrected chi connectivity index (χ0v) is 18.6. The van der Waals surface area contributed by atoms with Crippen molar-refractivity contribution >= 4 is 16.9 Å². The highest BCUT2D eigenvalue weighted by atomic mass is 15.0. The molecule has 0 saturated heterocycles. The number of nitrogens with two attached hydrogens (primary N) is 1. The Morgan fingerprint density at radius 3 is 2.34 bits per heavy atom. The van der Waals surface area contributed by atoms with Gasteiger partial charge in [0.1, 0.15) is 5.82 Å². The maximum Gasteiger partial charge on any atom is 0.126 e. The predicted octanol–water partition coefficient (Wildman–Crippen LogP) is 6.51. The Hall–Kier alpha value is -3.24. The van der Waals surface area contributed by atoms with Crippen molar-refractivity contribution in [2.75, 3.05) is 11.9 Å². The molecule has 0 aliphatic heterocycles. The summed E-state index contributed by atoms with van der Waals surface area (Å²) in [5.41, 5.74) is 13.7. The minimum Gasteiger partial charge on any atom is -0.370 e. The molecule has 1 fully saturated rings. The number of nitrogens with zero attached hydrogens (tertiary/aromatic N) is 2. The van der Waals surface area contributed by atoms with Gasteiger partial charge in [0.15, 0.2) is 0 Å². The van der Waals surface area contributed by atoms with Crippen molar-refractivity contribution in [3.63, 3.8) is 0 Å². The molecule has 0 atom stereocenters. The average molecular weight is 423 g/mol. The Bertz CT molecular complexity index is 1210. The predicted molar refractivity (Wildman–Crippen MR) is 134 cm³/mol. The minimum absolute atomic E-state index is 0.150. The van der Waals surface area contributed by atoms with Crippen LogP contribution in [-0.2, 0) is 5.54 Å². The zero-order chi connectivity index (χ0) is 22.0. The fraction of sp³-hybridized carbons (Fsp3) is 0.286. The molecule has 0 spiro atoms. The molecule has 5 rings (SSSR count). The quantitative estimate of drug-likeness (QED) is 0.333. The van der Waals surface area contributed by atoms with Gasteiger partial charge in [-0.3, -0.25) is 0 Å². The van der Waals surface area contributed by atoms with E-state index in [-0.39, 0.29) is 5.54 Å². The van der Waals surface area contributed by atoms with Crippen LogP contribution >= 0.6 is 0 Å². The molecule has 0 bridgehead atoms. The van der Waals surface area contributed by atoms with Gasteiger partial charge in [-0.2, -0.15) is 0 Å². The van der Waals surface area contributed by atoms with Crippen molar-refractivity contribution in [3.05, 3.63) is 78.4 Å². The molecule has 0 unspecified atom stereocenters. The Morgan fingerprint density at radius 2 is 1.66 bits per heavy atom. The average Bonchev–Trinajstić information content (AvgIpc) is 2.82. The topological polar surface area (TPSA) is 63.8 Å². The number of anilines is 1. The molecule has 2 aromatic carbocycles. The third-order valence-corrected chi connectivity index (χ3v) is 6.57. The highest BCUT2D eigenvalue weighted by Gasteiger charge is 2.34. The van der Waals surface area contributed by atoms with E-state index >= 15 is 0 Å². The Kier molecular flexibility index (Phi) is 5.62. The number of rotatable bonds is 7. The molecule has 1 aliphatic carbocycles. The van der Waals surface area contributed by atoms with E-state index in [1.54, 1.807) is 0 Å². The highest BCUT2D eigenvalue weighted by molar-refractivity contribution is 5.90. The van der Waals surface area contributed by atoms with E-state index in [0.717, 1.165) is 71.5 Å². The van der Waals surface area contributed by atoms with E-state index in [1.165, 1.54) is 12.0 Å². The maximum atomic E-state index is 6.54. The lowest BCUT2D eigenvalue weighted by molar-refractivity contribution is 0.253. The summed E-state index contributed by atoms with van der Waals surface area (Å²) >= 11 is 0. The summed E-state index contributed by atoms with van der Waals surface area (Å²) < 4.78 is 0. The molecule has 32 heavy (non-hydrogen) atoms. The van der Waals surface area contributed by atoms with Crippen LogP contribution in [0, 0.1) is 0 Å². The van der Waals surface area contributed by atoms with Crippen molar-refractivity contribution in [3.8, 4) is 22.4 Å². The first-order valence-electron chi connectivity index (χ1n) is 11.7. The molecule has 0 amide bonds. The molecule has 4 heteroatoms. The van der Waals surface area contributed by atoms with Crippen LogP contribution in [0.5, 0.6) is 0 Å². The lowest BCUT2D eigenvalue weighted by Crippen LogP contribution is -2.43. The third-order valence-electron chi connectivity index (χ3n) is 6.57. The SMILES string of the molecule is CCCCNc1ccc2nc(-c3ccc(C4(N)CCC4)cc3)c(-c3ccccc3)cc2n1. The van der Waals surface area contributed by atoms with Gasteiger partial charge in [-0.1, -0.05) is 67.9 Å². The van der Waals surface area contributed by atoms with Gasteiger partial charge in [0, 0.05) is 23.2 Å². The second kappa shape index (κ2) is 8.71. The molecule has 0 radical (unpaired) electrons. The van der Waals surface area contributed by atoms with Crippen molar-refractivity contribution in [2.45, 2.75) is 44.6 Å². The van der Waals surface area contributed by atoms with Gasteiger partial charge in [-0.05, 0) is 55.0 Å². The van der Waals surface area contributed by atoms with E-state index in [9.17, 15) is 0 Å². The molecule has 1 aliphatic rings. The number of pyridine rings is 2. The van der Waals surface area contributed by atoms with E-state index < -0.39 is 0 Å². The number of hydrogen-bond acceptors (Lipinski definition) is 4. The summed E-state index contributed by atoms with van der Waals surface area (Å²) in [6, 6.07) is 25.4. The molecular formula is C28H30N4.